The lowest BCUT2D eigenvalue weighted by molar-refractivity contribution is -0.386. The van der Waals surface area contributed by atoms with Gasteiger partial charge in [0.2, 0.25) is 41.4 Å². The number of nitrogens with one attached hydrogen (secondary N) is 7. The molecule has 10 saturated heterocycles. The fraction of sp³-hybridized carbons (Fsp3) is 0.887. The summed E-state index contributed by atoms with van der Waals surface area (Å²) in [4.78, 5) is 116. The van der Waals surface area contributed by atoms with Crippen molar-refractivity contribution in [1.29, 1.82) is 0 Å². The van der Waals surface area contributed by atoms with Gasteiger partial charge in [-0.05, 0) is 0 Å². The Kier molecular flexibility index (Phi) is 42.6. The molecule has 7 amide bonds. The zero-order valence-corrected chi connectivity index (χ0v) is 77.8. The number of hydrogen-bond acceptors (Lipinski definition) is 55. The molecular formula is C80H131N7O57. The van der Waals surface area contributed by atoms with Gasteiger partial charge in [0.05, 0.1) is 90.4 Å². The number of carboxylic acids is 2. The summed E-state index contributed by atoms with van der Waals surface area (Å²) < 4.78 is 113. The van der Waals surface area contributed by atoms with Gasteiger partial charge in [0.1, 0.15) is 232 Å². The number of rotatable bonds is 41. The van der Waals surface area contributed by atoms with Crippen LogP contribution in [0.2, 0.25) is 0 Å². The van der Waals surface area contributed by atoms with Crippen LogP contribution in [-0.2, 0) is 133 Å². The van der Waals surface area contributed by atoms with E-state index >= 15 is 0 Å². The van der Waals surface area contributed by atoms with Crippen molar-refractivity contribution in [2.45, 2.75) is 379 Å². The van der Waals surface area contributed by atoms with Crippen LogP contribution in [0.5, 0.6) is 0 Å². The molecule has 828 valence electrons. The summed E-state index contributed by atoms with van der Waals surface area (Å²) in [5.41, 5.74) is 0. The summed E-state index contributed by atoms with van der Waals surface area (Å²) in [5, 5.41) is 343. The average Bonchev–Trinajstić information content (AvgIpc) is 0.753. The number of carboxylic acid groups (broad SMARTS) is 2. The smallest absolute Gasteiger partial charge is 0.364 e. The number of aliphatic carboxylic acids is 2. The summed E-state index contributed by atoms with van der Waals surface area (Å²) in [6.07, 6.45) is -98.0. The molecule has 0 radical (unpaired) electrons. The molecule has 36 N–H and O–H groups in total. The standard InChI is InChI=1S/C80H131N7O57/c1-20(95)81-39-27(102)8-79(77(122)123,143-65(39)46(106)29(104)10-88)127-18-37-49(109)57(117)58(118)74(136-37)137-61-34(15-93)133-70(42(55(61)115)84-23(4)98)126-17-36-53(113)68(142-73-45(87-26(7)101)64(50(110)32(13-91)131-73)140-75-59(119)67(51(111)33(14-92)132-75)141-71-41(83-22(3)97)54(114)48(108)31(12-90)130-71)60(120)76(135-36)138-62-35(16-94)134-72(43(56(62)116)85-24(5)99)139-63-44(86-25(6)100)69(121)129-38(52(63)112)19-128-80(78(124)125)9-28(103)40(82-21(2)96)66(144-80)47(107)30(105)11-89/h27-76,88-94,102-121H,8-19H2,1-7H3,(H,81,95)(H,82,96)(H,83,97)(H,84,98)(H,85,99)(H,86,100)(H,87,101)(H,122,123)(H,124,125)/t27-,28-,29+,30+,31+,32+,33+,34+,35+,36+,37+,38+,39+,40+,41-,42+,43+,44+,45+,46+,47+,48-,49-,50+,51-,52-,53-,54+,55+,56+,57-,58+,59+,60+,61+,62+,63+,64+,65+,66+,67-,68-,69?,70+,71+,72-,73-,74-,75-,76-,79+,80+/m0/s1. The molecule has 10 aliphatic heterocycles. The fourth-order valence-electron chi connectivity index (χ4n) is 18.4. The van der Waals surface area contributed by atoms with Crippen molar-refractivity contribution in [3.63, 3.8) is 0 Å². The van der Waals surface area contributed by atoms with Crippen molar-refractivity contribution in [2.75, 3.05) is 66.1 Å². The van der Waals surface area contributed by atoms with Crippen molar-refractivity contribution in [3.8, 4) is 0 Å². The maximum atomic E-state index is 13.6. The molecule has 0 spiro atoms. The predicted molar refractivity (Wildman–Crippen MR) is 445 cm³/mol. The Morgan fingerprint density at radius 2 is 0.562 bits per heavy atom. The quantitative estimate of drug-likeness (QED) is 0.0270. The summed E-state index contributed by atoms with van der Waals surface area (Å²) in [5.74, 6) is -17.2. The first kappa shape index (κ1) is 119. The highest BCUT2D eigenvalue weighted by molar-refractivity contribution is 5.78. The summed E-state index contributed by atoms with van der Waals surface area (Å²) in [6.45, 7) is -5.92. The van der Waals surface area contributed by atoms with Gasteiger partial charge in [0.25, 0.3) is 11.6 Å². The molecule has 0 aliphatic carbocycles. The molecule has 0 saturated carbocycles. The molecule has 10 aliphatic rings. The van der Waals surface area contributed by atoms with E-state index in [1.165, 1.54) is 0 Å². The lowest BCUT2D eigenvalue weighted by Crippen LogP contribution is -2.71. The molecule has 0 aromatic carbocycles. The largest absolute Gasteiger partial charge is 0.477 e. The molecule has 0 aromatic heterocycles. The van der Waals surface area contributed by atoms with Gasteiger partial charge in [0, 0.05) is 61.3 Å². The number of amides is 7. The first-order valence-electron chi connectivity index (χ1n) is 45.4. The van der Waals surface area contributed by atoms with Gasteiger partial charge in [0.15, 0.2) is 50.3 Å². The minimum absolute atomic E-state index is 0.851. The Bertz CT molecular complexity index is 4200. The van der Waals surface area contributed by atoms with E-state index in [0.717, 1.165) is 48.5 Å². The number of carbonyl (C=O) groups excluding carboxylic acids is 7. The lowest BCUT2D eigenvalue weighted by atomic mass is 9.88. The molecule has 1 unspecified atom stereocenters. The normalized spacial score (nSPS) is 44.6. The Morgan fingerprint density at radius 1 is 0.285 bits per heavy atom. The number of aliphatic hydroxyl groups excluding tert-OH is 27. The first-order chi connectivity index (χ1) is 67.7. The molecule has 64 heteroatoms. The Hall–Kier alpha value is -6.61. The average molecular weight is 2100 g/mol. The second-order valence-corrected chi connectivity index (χ2v) is 36.1. The van der Waals surface area contributed by atoms with E-state index in [0.29, 0.717) is 0 Å². The lowest BCUT2D eigenvalue weighted by Gasteiger charge is -2.51. The van der Waals surface area contributed by atoms with E-state index in [4.69, 9.17) is 90.0 Å². The van der Waals surface area contributed by atoms with E-state index in [1.807, 2.05) is 0 Å². The number of carbonyl (C=O) groups is 9. The third-order valence-electron chi connectivity index (χ3n) is 25.6. The molecule has 0 aromatic rings. The minimum atomic E-state index is -3.15. The second kappa shape index (κ2) is 51.5. The van der Waals surface area contributed by atoms with Crippen LogP contribution in [0, 0.1) is 0 Å². The van der Waals surface area contributed by atoms with Gasteiger partial charge in [-0.25, -0.2) is 9.59 Å². The van der Waals surface area contributed by atoms with Gasteiger partial charge in [-0.1, -0.05) is 0 Å². The zero-order valence-electron chi connectivity index (χ0n) is 77.8. The van der Waals surface area contributed by atoms with E-state index in [2.05, 4.69) is 37.2 Å². The van der Waals surface area contributed by atoms with Gasteiger partial charge < -0.3 is 275 Å². The van der Waals surface area contributed by atoms with Crippen LogP contribution in [0.1, 0.15) is 61.3 Å². The Balaban J connectivity index is 0.970. The first-order valence-corrected chi connectivity index (χ1v) is 45.4. The van der Waals surface area contributed by atoms with Crippen LogP contribution in [-0.4, -0.2) is 585 Å². The van der Waals surface area contributed by atoms with E-state index < -0.39 is 450 Å². The number of hydrogen-bond donors (Lipinski definition) is 36. The molecule has 52 atom stereocenters. The van der Waals surface area contributed by atoms with Gasteiger partial charge in [-0.2, -0.15) is 0 Å². The molecule has 10 fully saturated rings. The second-order valence-electron chi connectivity index (χ2n) is 36.1. The summed E-state index contributed by atoms with van der Waals surface area (Å²) in [6, 6.07) is -13.5. The van der Waals surface area contributed by atoms with E-state index in [-0.39, 0.29) is 0 Å². The third kappa shape index (κ3) is 27.1. The molecule has 144 heavy (non-hydrogen) atoms. The van der Waals surface area contributed by atoms with Crippen LogP contribution in [0.4, 0.5) is 0 Å². The van der Waals surface area contributed by atoms with Crippen molar-refractivity contribution in [1.82, 2.24) is 37.2 Å². The van der Waals surface area contributed by atoms with Gasteiger partial charge in [-0.15, -0.1) is 0 Å². The van der Waals surface area contributed by atoms with Crippen LogP contribution >= 0.6 is 0 Å². The van der Waals surface area contributed by atoms with Gasteiger partial charge in [-0.3, -0.25) is 33.6 Å². The van der Waals surface area contributed by atoms with E-state index in [9.17, 15) is 191 Å². The van der Waals surface area contributed by atoms with Gasteiger partial charge >= 0.3 is 11.9 Å². The maximum Gasteiger partial charge on any atom is 0.364 e. The topological polar surface area (TPSA) is 1000 Å². The molecular weight excluding hydrogens is 1970 g/mol. The highest BCUT2D eigenvalue weighted by Gasteiger charge is 2.64. The van der Waals surface area contributed by atoms with Crippen molar-refractivity contribution in [2.24, 2.45) is 0 Å². The monoisotopic (exact) mass is 2100 g/mol. The van der Waals surface area contributed by atoms with Crippen LogP contribution in [0.15, 0.2) is 0 Å². The molecule has 10 heterocycles. The number of ether oxygens (including phenoxy) is 19. The van der Waals surface area contributed by atoms with Crippen LogP contribution in [0.3, 0.4) is 0 Å². The highest BCUT2D eigenvalue weighted by atomic mass is 16.8. The van der Waals surface area contributed by atoms with E-state index in [1.54, 1.807) is 0 Å². The summed E-state index contributed by atoms with van der Waals surface area (Å²) in [7, 11) is 0. The third-order valence-corrected chi connectivity index (χ3v) is 25.6. The zero-order chi connectivity index (χ0) is 107. The Morgan fingerprint density at radius 3 is 0.965 bits per heavy atom. The predicted octanol–water partition coefficient (Wildman–Crippen LogP) is -23.4. The SMILES string of the molecule is CC(=O)N[C@@H]1[C@@H](O[C@H]2[C@@H](O)[C@@H](CO)O[C@@H](O[C@H]3[C@H](O)[C@@H](CO)O[C@@H](O[C@H]4[C@@H](O)[C@@H](CO[C@@H]5O[C@H](CO)[C@@H](O[C@@H]6O[C@H](CO[C@]7(C(=O)O)C[C@H](O)[C@@H](NC(C)=O)[C@H]([C@H](O)[C@H](O)CO)O7)[C@H](O)[C@H](O)[C@H]6O)[C@H](O)[C@H]5NC(C)=O)O[C@@H](O[C@H]5[C@H](O)[C@@H](NC(C)=O)[C@H](O[C@H]6[C@@H](O)[C@@H](CO[C@]7(C(=O)O)C[C@H](O)[C@@H](NC(C)=O)[C@H]([C@H](O)[C@H](O)CO)O7)OC(O)[C@@H]6NC(C)=O)O[C@@H]5CO)[C@@H]4O)[C@@H]3NC(C)=O)[C@@H]2O)O[C@H](CO)[C@H](O)[C@@H]1O. The van der Waals surface area contributed by atoms with Crippen LogP contribution in [0.25, 0.3) is 0 Å². The summed E-state index contributed by atoms with van der Waals surface area (Å²) >= 11 is 0. The van der Waals surface area contributed by atoms with Crippen molar-refractivity contribution < 1.29 is 281 Å². The fourth-order valence-corrected chi connectivity index (χ4v) is 18.4. The highest BCUT2D eigenvalue weighted by Crippen LogP contribution is 2.43. The Labute approximate surface area is 814 Å². The molecule has 64 nitrogen and oxygen atoms in total. The minimum Gasteiger partial charge on any atom is -0.477 e. The van der Waals surface area contributed by atoms with Crippen molar-refractivity contribution >= 4 is 53.3 Å². The number of aliphatic hydroxyl groups is 27. The molecule has 0 bridgehead atoms. The van der Waals surface area contributed by atoms with Crippen molar-refractivity contribution in [3.05, 3.63) is 0 Å². The molecule has 10 rings (SSSR count). The maximum absolute atomic E-state index is 13.6. The van der Waals surface area contributed by atoms with Crippen LogP contribution < -0.4 is 37.2 Å².